The van der Waals surface area contributed by atoms with Gasteiger partial charge >= 0.3 is 6.09 Å². The van der Waals surface area contributed by atoms with Crippen LogP contribution in [-0.2, 0) is 0 Å². The van der Waals surface area contributed by atoms with Crippen molar-refractivity contribution in [1.82, 2.24) is 4.90 Å². The highest BCUT2D eigenvalue weighted by Crippen LogP contribution is 2.23. The number of hydrogen-bond donors (Lipinski definition) is 2. The number of anilines is 2. The fourth-order valence-electron chi connectivity index (χ4n) is 1.02. The van der Waals surface area contributed by atoms with Crippen molar-refractivity contribution in [3.8, 4) is 5.75 Å². The number of rotatable bonds is 2. The van der Waals surface area contributed by atoms with Gasteiger partial charge in [-0.05, 0) is 12.1 Å². The van der Waals surface area contributed by atoms with Gasteiger partial charge < -0.3 is 20.7 Å². The number of nitrogens with zero attached hydrogens (tertiary/aromatic N) is 1. The van der Waals surface area contributed by atoms with E-state index in [0.29, 0.717) is 11.4 Å². The lowest BCUT2D eigenvalue weighted by molar-refractivity contribution is 0.172. The molecule has 0 bridgehead atoms. The predicted molar refractivity (Wildman–Crippen MR) is 60.1 cm³/mol. The van der Waals surface area contributed by atoms with Gasteiger partial charge in [-0.25, -0.2) is 4.79 Å². The SMILES string of the molecule is CNc1ccc(OC(=O)N(C)C)cc1N. The molecule has 0 saturated heterocycles. The number of nitrogen functional groups attached to an aromatic ring is 1. The van der Waals surface area contributed by atoms with Crippen LogP contribution in [0.15, 0.2) is 18.2 Å². The van der Waals surface area contributed by atoms with E-state index >= 15 is 0 Å². The first-order valence-electron chi connectivity index (χ1n) is 4.51. The molecule has 0 aliphatic carbocycles. The summed E-state index contributed by atoms with van der Waals surface area (Å²) in [7, 11) is 5.01. The molecule has 0 atom stereocenters. The summed E-state index contributed by atoms with van der Waals surface area (Å²) in [5.41, 5.74) is 7.06. The highest BCUT2D eigenvalue weighted by atomic mass is 16.6. The van der Waals surface area contributed by atoms with E-state index in [9.17, 15) is 4.79 Å². The third kappa shape index (κ3) is 2.77. The zero-order valence-corrected chi connectivity index (χ0v) is 9.07. The summed E-state index contributed by atoms with van der Waals surface area (Å²) in [4.78, 5) is 12.6. The van der Waals surface area contributed by atoms with Crippen LogP contribution >= 0.6 is 0 Å². The van der Waals surface area contributed by atoms with Crippen molar-refractivity contribution in [1.29, 1.82) is 0 Å². The molecular weight excluding hydrogens is 194 g/mol. The van der Waals surface area contributed by atoms with Gasteiger partial charge in [0.15, 0.2) is 0 Å². The Morgan fingerprint density at radius 1 is 1.47 bits per heavy atom. The zero-order chi connectivity index (χ0) is 11.4. The number of amides is 1. The molecule has 5 heteroatoms. The number of nitrogens with two attached hydrogens (primary N) is 1. The first kappa shape index (κ1) is 11.2. The van der Waals surface area contributed by atoms with Crippen LogP contribution < -0.4 is 15.8 Å². The molecule has 1 aromatic rings. The van der Waals surface area contributed by atoms with E-state index in [1.54, 1.807) is 39.3 Å². The van der Waals surface area contributed by atoms with Gasteiger partial charge in [0.2, 0.25) is 0 Å². The standard InChI is InChI=1S/C10H15N3O2/c1-12-9-5-4-7(6-8(9)11)15-10(14)13(2)3/h4-6,12H,11H2,1-3H3. The van der Waals surface area contributed by atoms with Crippen LogP contribution in [0, 0.1) is 0 Å². The lowest BCUT2D eigenvalue weighted by Crippen LogP contribution is -2.25. The van der Waals surface area contributed by atoms with Crippen LogP contribution in [-0.4, -0.2) is 32.1 Å². The lowest BCUT2D eigenvalue weighted by Gasteiger charge is -2.12. The monoisotopic (exact) mass is 209 g/mol. The highest BCUT2D eigenvalue weighted by Gasteiger charge is 2.07. The van der Waals surface area contributed by atoms with Gasteiger partial charge in [-0.3, -0.25) is 0 Å². The summed E-state index contributed by atoms with van der Waals surface area (Å²) in [6.07, 6.45) is -0.424. The minimum atomic E-state index is -0.424. The molecule has 82 valence electrons. The van der Waals surface area contributed by atoms with Crippen LogP contribution in [0.3, 0.4) is 0 Å². The molecule has 0 spiro atoms. The quantitative estimate of drug-likeness (QED) is 0.722. The molecule has 0 radical (unpaired) electrons. The smallest absolute Gasteiger partial charge is 0.410 e. The normalized spacial score (nSPS) is 9.53. The summed E-state index contributed by atoms with van der Waals surface area (Å²) in [5.74, 6) is 0.435. The Bertz CT molecular complexity index is 364. The second-order valence-electron chi connectivity index (χ2n) is 3.26. The molecule has 1 aromatic carbocycles. The Labute approximate surface area is 88.8 Å². The molecule has 0 aromatic heterocycles. The third-order valence-electron chi connectivity index (χ3n) is 1.86. The van der Waals surface area contributed by atoms with E-state index in [4.69, 9.17) is 10.5 Å². The fraction of sp³-hybridized carbons (Fsp3) is 0.300. The Balaban J connectivity index is 2.80. The number of hydrogen-bond acceptors (Lipinski definition) is 4. The first-order chi connectivity index (χ1) is 7.04. The van der Waals surface area contributed by atoms with E-state index in [1.807, 2.05) is 0 Å². The van der Waals surface area contributed by atoms with Crippen molar-refractivity contribution in [2.24, 2.45) is 0 Å². The Kier molecular flexibility index (Phi) is 3.38. The number of carbonyl (C=O) groups excluding carboxylic acids is 1. The van der Waals surface area contributed by atoms with Gasteiger partial charge in [-0.2, -0.15) is 0 Å². The van der Waals surface area contributed by atoms with Crippen molar-refractivity contribution in [3.05, 3.63) is 18.2 Å². The van der Waals surface area contributed by atoms with E-state index in [1.165, 1.54) is 4.90 Å². The molecule has 0 heterocycles. The summed E-state index contributed by atoms with van der Waals surface area (Å²) < 4.78 is 5.04. The molecule has 15 heavy (non-hydrogen) atoms. The Morgan fingerprint density at radius 2 is 2.13 bits per heavy atom. The molecular formula is C10H15N3O2. The fourth-order valence-corrected chi connectivity index (χ4v) is 1.02. The predicted octanol–water partition coefficient (Wildman–Crippen LogP) is 1.37. The first-order valence-corrected chi connectivity index (χ1v) is 4.51. The molecule has 5 nitrogen and oxygen atoms in total. The van der Waals surface area contributed by atoms with Crippen LogP contribution in [0.4, 0.5) is 16.2 Å². The molecule has 0 aliphatic heterocycles. The van der Waals surface area contributed by atoms with Gasteiger partial charge in [0, 0.05) is 27.2 Å². The van der Waals surface area contributed by atoms with Crippen LogP contribution in [0.1, 0.15) is 0 Å². The van der Waals surface area contributed by atoms with E-state index in [2.05, 4.69) is 5.32 Å². The van der Waals surface area contributed by atoms with Gasteiger partial charge in [0.1, 0.15) is 5.75 Å². The molecule has 1 amide bonds. The van der Waals surface area contributed by atoms with Gasteiger partial charge in [-0.1, -0.05) is 0 Å². The van der Waals surface area contributed by atoms with E-state index < -0.39 is 6.09 Å². The average molecular weight is 209 g/mol. The summed E-state index contributed by atoms with van der Waals surface area (Å²) >= 11 is 0. The van der Waals surface area contributed by atoms with Gasteiger partial charge in [-0.15, -0.1) is 0 Å². The Morgan fingerprint density at radius 3 is 2.60 bits per heavy atom. The molecule has 0 saturated carbocycles. The summed E-state index contributed by atoms with van der Waals surface area (Å²) in [6.45, 7) is 0. The second kappa shape index (κ2) is 4.54. The maximum atomic E-state index is 11.2. The minimum absolute atomic E-state index is 0.424. The van der Waals surface area contributed by atoms with E-state index in [-0.39, 0.29) is 0 Å². The van der Waals surface area contributed by atoms with Crippen LogP contribution in [0.5, 0.6) is 5.75 Å². The molecule has 1 rings (SSSR count). The molecule has 3 N–H and O–H groups in total. The maximum Gasteiger partial charge on any atom is 0.414 e. The lowest BCUT2D eigenvalue weighted by atomic mass is 10.2. The Hall–Kier alpha value is -1.91. The van der Waals surface area contributed by atoms with E-state index in [0.717, 1.165) is 5.69 Å². The van der Waals surface area contributed by atoms with Crippen molar-refractivity contribution in [2.75, 3.05) is 32.2 Å². The van der Waals surface area contributed by atoms with Crippen LogP contribution in [0.2, 0.25) is 0 Å². The average Bonchev–Trinajstić information content (AvgIpc) is 2.18. The van der Waals surface area contributed by atoms with Crippen molar-refractivity contribution < 1.29 is 9.53 Å². The van der Waals surface area contributed by atoms with Gasteiger partial charge in [0.05, 0.1) is 11.4 Å². The number of benzene rings is 1. The van der Waals surface area contributed by atoms with Gasteiger partial charge in [0.25, 0.3) is 0 Å². The number of nitrogens with one attached hydrogen (secondary N) is 1. The van der Waals surface area contributed by atoms with Crippen molar-refractivity contribution >= 4 is 17.5 Å². The topological polar surface area (TPSA) is 67.6 Å². The molecule has 0 aliphatic rings. The summed E-state index contributed by atoms with van der Waals surface area (Å²) in [6, 6.07) is 5.05. The van der Waals surface area contributed by atoms with Crippen LogP contribution in [0.25, 0.3) is 0 Å². The molecule has 0 fully saturated rings. The second-order valence-corrected chi connectivity index (χ2v) is 3.26. The zero-order valence-electron chi connectivity index (χ0n) is 9.07. The maximum absolute atomic E-state index is 11.2. The van der Waals surface area contributed by atoms with Crippen molar-refractivity contribution in [3.63, 3.8) is 0 Å². The highest BCUT2D eigenvalue weighted by molar-refractivity contribution is 5.73. The largest absolute Gasteiger partial charge is 0.414 e. The summed E-state index contributed by atoms with van der Waals surface area (Å²) in [5, 5.41) is 2.92. The number of carbonyl (C=O) groups is 1. The van der Waals surface area contributed by atoms with Crippen molar-refractivity contribution in [2.45, 2.75) is 0 Å². The number of ether oxygens (including phenoxy) is 1. The minimum Gasteiger partial charge on any atom is -0.410 e. The third-order valence-corrected chi connectivity index (χ3v) is 1.86. The molecule has 0 unspecified atom stereocenters.